The molecule has 0 spiro atoms. The van der Waals surface area contributed by atoms with E-state index in [1.165, 1.54) is 18.6 Å². The normalized spacial score (nSPS) is 34.7. The van der Waals surface area contributed by atoms with Gasteiger partial charge in [-0.25, -0.2) is 8.42 Å². The van der Waals surface area contributed by atoms with Crippen LogP contribution in [0, 0.1) is 11.8 Å². The molecule has 4 amide bonds. The molecular formula is C48H73N4NaO25S. The maximum absolute atomic E-state index is 13.8. The Morgan fingerprint density at radius 2 is 1.08 bits per heavy atom. The Morgan fingerprint density at radius 3 is 1.57 bits per heavy atom. The van der Waals surface area contributed by atoms with E-state index >= 15 is 0 Å². The molecule has 4 heterocycles. The van der Waals surface area contributed by atoms with Crippen molar-refractivity contribution in [2.45, 2.75) is 195 Å². The molecule has 4 aliphatic heterocycles. The number of nitrogens with one attached hydrogen (secondary N) is 4. The van der Waals surface area contributed by atoms with Gasteiger partial charge in [-0.05, 0) is 31.0 Å². The Balaban J connectivity index is 0.0000134. The van der Waals surface area contributed by atoms with Crippen LogP contribution >= 0.6 is 0 Å². The van der Waals surface area contributed by atoms with E-state index in [0.717, 1.165) is 46.5 Å². The minimum Gasteiger partial charge on any atom is -0.726 e. The smallest absolute Gasteiger partial charge is 0.726 e. The molecule has 20 atom stereocenters. The van der Waals surface area contributed by atoms with Crippen LogP contribution in [0.2, 0.25) is 0 Å². The maximum atomic E-state index is 13.8. The van der Waals surface area contributed by atoms with Crippen LogP contribution in [0.15, 0.2) is 24.3 Å². The molecule has 13 N–H and O–H groups in total. The summed E-state index contributed by atoms with van der Waals surface area (Å²) in [6.45, 7) is 1.41. The van der Waals surface area contributed by atoms with E-state index in [4.69, 9.17) is 37.9 Å². The third kappa shape index (κ3) is 19.4. The number of hydrogen-bond acceptors (Lipinski definition) is 25. The third-order valence-corrected chi connectivity index (χ3v) is 13.5. The molecule has 1 aromatic rings. The van der Waals surface area contributed by atoms with Gasteiger partial charge in [-0.2, -0.15) is 0 Å². The standard InChI is InChI=1S/C48H74N4O25S.Na/c1-5-6-7-8-9-10-11-12-13-17-69-27-16-14-15-26(18-27)44(64)52-33-37(60)36(59)28(19-53)72-46(33)75-41-29(20-54)73-47(34(39(41)62)50-24(3)57)76-42-30(21-55)74-48(35(40(42)63)51-25(4)58)77-43-31(22-70-78(66,67)68)71-45(65)32(38(43)61)49-23(2)56;/h14-16,18,28-43,45-48,53-55,59-63,65H,5-9,12-13,17,19-22H2,1-4H3,(H,49,56)(H,50,57)(H,51,58)(H,52,64)(H,66,67,68);/q;+1/p-1/t28?,29-,30?,31-,32?,33-,34?,35-,36+,37+,38?,39?,40+,41+,42?,43+,45?,46?,47?,48-;/m0./s1. The molecule has 4 fully saturated rings. The van der Waals surface area contributed by atoms with Gasteiger partial charge in [-0.3, -0.25) is 23.4 Å². The van der Waals surface area contributed by atoms with Gasteiger partial charge in [0.1, 0.15) is 103 Å². The van der Waals surface area contributed by atoms with Gasteiger partial charge in [0.2, 0.25) is 28.1 Å². The van der Waals surface area contributed by atoms with Gasteiger partial charge < -0.3 is 110 Å². The van der Waals surface area contributed by atoms with Crippen LogP contribution in [0.5, 0.6) is 5.75 Å². The van der Waals surface area contributed by atoms with E-state index in [2.05, 4.69) is 44.2 Å². The first-order chi connectivity index (χ1) is 37.0. The average molecular weight is 1160 g/mol. The van der Waals surface area contributed by atoms with E-state index in [1.54, 1.807) is 12.1 Å². The summed E-state index contributed by atoms with van der Waals surface area (Å²) in [5.74, 6) is 3.36. The zero-order chi connectivity index (χ0) is 57.4. The van der Waals surface area contributed by atoms with E-state index in [0.29, 0.717) is 25.2 Å². The molecule has 0 saturated carbocycles. The number of carbonyl (C=O) groups excluding carboxylic acids is 4. The number of rotatable bonds is 25. The fourth-order valence-corrected chi connectivity index (χ4v) is 9.50. The van der Waals surface area contributed by atoms with Crippen molar-refractivity contribution in [1.82, 2.24) is 21.3 Å². The maximum Gasteiger partial charge on any atom is 1.00 e. The quantitative estimate of drug-likeness (QED) is 0.0142. The fourth-order valence-electron chi connectivity index (χ4n) is 9.20. The summed E-state index contributed by atoms with van der Waals surface area (Å²) in [6, 6.07) is -0.788. The van der Waals surface area contributed by atoms with E-state index in [1.807, 2.05) is 0 Å². The van der Waals surface area contributed by atoms with Crippen molar-refractivity contribution in [2.75, 3.05) is 33.0 Å². The first-order valence-electron chi connectivity index (χ1n) is 25.4. The van der Waals surface area contributed by atoms with Crippen molar-refractivity contribution < 1.29 is 150 Å². The molecule has 5 rings (SSSR count). The van der Waals surface area contributed by atoms with Gasteiger partial charge >= 0.3 is 29.6 Å². The molecule has 0 bridgehead atoms. The first kappa shape index (κ1) is 68.2. The molecular weight excluding hydrogens is 1090 g/mol. The second-order valence-corrected chi connectivity index (χ2v) is 20.1. The van der Waals surface area contributed by atoms with Crippen LogP contribution in [0.4, 0.5) is 0 Å². The van der Waals surface area contributed by atoms with Crippen molar-refractivity contribution in [2.24, 2.45) is 0 Å². The average Bonchev–Trinajstić information content (AvgIpc) is 3.47. The topological polar surface area (TPSA) is 439 Å². The third-order valence-electron chi connectivity index (χ3n) is 13.0. The zero-order valence-corrected chi connectivity index (χ0v) is 47.1. The van der Waals surface area contributed by atoms with Crippen molar-refractivity contribution >= 4 is 34.0 Å². The second kappa shape index (κ2) is 32.5. The zero-order valence-electron chi connectivity index (χ0n) is 44.3. The summed E-state index contributed by atoms with van der Waals surface area (Å²) in [4.78, 5) is 51.1. The Kier molecular flexibility index (Phi) is 28.1. The molecule has 442 valence electrons. The predicted molar refractivity (Wildman–Crippen MR) is 260 cm³/mol. The summed E-state index contributed by atoms with van der Waals surface area (Å²) >= 11 is 0. The minimum absolute atomic E-state index is 0. The van der Waals surface area contributed by atoms with Crippen LogP contribution in [0.25, 0.3) is 0 Å². The molecule has 4 saturated heterocycles. The van der Waals surface area contributed by atoms with Crippen molar-refractivity contribution in [1.29, 1.82) is 0 Å². The number of ether oxygens (including phenoxy) is 8. The van der Waals surface area contributed by atoms with Gasteiger partial charge in [0.15, 0.2) is 25.2 Å². The minimum atomic E-state index is -5.41. The van der Waals surface area contributed by atoms with Gasteiger partial charge in [-0.15, -0.1) is 11.8 Å². The van der Waals surface area contributed by atoms with Crippen LogP contribution in [-0.4, -0.2) is 238 Å². The molecule has 79 heavy (non-hydrogen) atoms. The Hall–Kier alpha value is -3.31. The number of benzene rings is 1. The largest absolute Gasteiger partial charge is 1.00 e. The number of hydrogen-bond donors (Lipinski definition) is 13. The van der Waals surface area contributed by atoms with E-state index in [9.17, 15) is 78.1 Å². The summed E-state index contributed by atoms with van der Waals surface area (Å²) in [7, 11) is -5.41. The molecule has 10 unspecified atom stereocenters. The summed E-state index contributed by atoms with van der Waals surface area (Å²) in [5, 5.41) is 109. The summed E-state index contributed by atoms with van der Waals surface area (Å²) < 4.78 is 85.6. The Morgan fingerprint density at radius 1 is 0.608 bits per heavy atom. The molecule has 0 aromatic heterocycles. The summed E-state index contributed by atoms with van der Waals surface area (Å²) in [5.41, 5.74) is 0.0426. The van der Waals surface area contributed by atoms with Crippen LogP contribution < -0.4 is 55.6 Å². The molecule has 29 nitrogen and oxygen atoms in total. The van der Waals surface area contributed by atoms with Crippen LogP contribution in [0.1, 0.15) is 83.0 Å². The first-order valence-corrected chi connectivity index (χ1v) is 26.8. The SMILES string of the molecule is CCCCCCC#CCCCOc1cccc(C(=O)N[C@@H]2C(O[C@H]3C(O)C(NC(C)=O)C(OC4C(CO)O[C@@H](O[C@H]5C(O)C(NC(C)=O)C(O)O[C@H]5COS(=O)(=O)[O-])[C@@H](NC(C)=O)[C@H]4O)O[C@H]3CO)OC(CO)[C@@H](O)[C@@H]2O)c1.[Na+]. The number of amides is 4. The van der Waals surface area contributed by atoms with Gasteiger partial charge in [-0.1, -0.05) is 32.3 Å². The molecule has 1 aromatic carbocycles. The van der Waals surface area contributed by atoms with Crippen molar-refractivity contribution in [3.05, 3.63) is 29.8 Å². The van der Waals surface area contributed by atoms with E-state index < -0.39 is 183 Å². The number of carbonyl (C=O) groups is 4. The second-order valence-electron chi connectivity index (χ2n) is 19.0. The molecule has 0 radical (unpaired) electrons. The van der Waals surface area contributed by atoms with Gasteiger partial charge in [0.05, 0.1) is 33.0 Å². The fraction of sp³-hybridized carbons (Fsp3) is 0.750. The summed E-state index contributed by atoms with van der Waals surface area (Å²) in [6.07, 6.45) is -23.2. The number of aliphatic hydroxyl groups excluding tert-OH is 9. The van der Waals surface area contributed by atoms with E-state index in [-0.39, 0.29) is 35.1 Å². The van der Waals surface area contributed by atoms with Gasteiger partial charge in [0, 0.05) is 39.2 Å². The van der Waals surface area contributed by atoms with Crippen LogP contribution in [-0.2, 0) is 62.1 Å². The number of aliphatic hydroxyl groups is 9. The Bertz CT molecular complexity index is 2280. The molecule has 4 aliphatic rings. The Labute approximate surface area is 478 Å². The van der Waals surface area contributed by atoms with Crippen molar-refractivity contribution in [3.63, 3.8) is 0 Å². The monoisotopic (exact) mass is 1160 g/mol. The molecule has 31 heteroatoms. The van der Waals surface area contributed by atoms with Crippen LogP contribution in [0.3, 0.4) is 0 Å². The van der Waals surface area contributed by atoms with Gasteiger partial charge in [0.25, 0.3) is 5.91 Å². The predicted octanol–water partition coefficient (Wildman–Crippen LogP) is -8.26. The number of unbranched alkanes of at least 4 members (excludes halogenated alkanes) is 5. The van der Waals surface area contributed by atoms with Crippen molar-refractivity contribution in [3.8, 4) is 17.6 Å². The molecule has 0 aliphatic carbocycles.